The van der Waals surface area contributed by atoms with Gasteiger partial charge in [-0.05, 0) is 154 Å². The number of ketones is 2. The third-order valence-corrected chi connectivity index (χ3v) is 13.6. The van der Waals surface area contributed by atoms with Gasteiger partial charge in [0.1, 0.15) is 11.5 Å². The molecule has 2 amide bonds. The van der Waals surface area contributed by atoms with E-state index in [1.54, 1.807) is 24.4 Å². The molecule has 302 valence electrons. The summed E-state index contributed by atoms with van der Waals surface area (Å²) < 4.78 is 12.3. The molecule has 5 aliphatic rings. The lowest BCUT2D eigenvalue weighted by Gasteiger charge is -2.52. The van der Waals surface area contributed by atoms with Crippen LogP contribution in [-0.2, 0) is 16.0 Å². The predicted octanol–water partition coefficient (Wildman–Crippen LogP) is 8.97. The Kier molecular flexibility index (Phi) is 10.8. The number of benzene rings is 2. The molecule has 3 heterocycles. The van der Waals surface area contributed by atoms with Gasteiger partial charge in [-0.2, -0.15) is 0 Å². The molecule has 1 spiro atoms. The first-order valence-electron chi connectivity index (χ1n) is 20.9. The van der Waals surface area contributed by atoms with Gasteiger partial charge in [0.2, 0.25) is 5.91 Å². The van der Waals surface area contributed by atoms with E-state index in [0.29, 0.717) is 60.1 Å². The highest BCUT2D eigenvalue weighted by Gasteiger charge is 2.48. The second-order valence-electron chi connectivity index (χ2n) is 17.7. The van der Waals surface area contributed by atoms with Crippen LogP contribution >= 0.6 is 0 Å². The standard InChI is InChI=1S/C49H55N3O6/c1-29(2)7-11-44(32(5)53)52-31(4)38-9-8-36(25-42(38)48(52)56)58-37-26-49(27-37)14-17-51(18-15-49)47(55)23-34-20-33(21-34)22-41-30(3)19-35(24-46(41)57-6)39-10-12-45(54)43-28-50-16-13-40(39)43/h8-10,13,16,19,24-25,28,33-34,37,44H,1,4,7,11-12,14-15,17-18,20-23,26-27H2,2-3,5-6H3. The van der Waals surface area contributed by atoms with Crippen molar-refractivity contribution < 1.29 is 28.7 Å². The number of hydrogen-bond donors (Lipinski definition) is 0. The highest BCUT2D eigenvalue weighted by molar-refractivity contribution is 6.11. The maximum Gasteiger partial charge on any atom is 0.259 e. The van der Waals surface area contributed by atoms with E-state index in [-0.39, 0.29) is 34.9 Å². The number of rotatable bonds is 13. The quantitative estimate of drug-likeness (QED) is 0.160. The van der Waals surface area contributed by atoms with Crippen LogP contribution in [0.3, 0.4) is 0 Å². The molecule has 0 radical (unpaired) electrons. The summed E-state index contributed by atoms with van der Waals surface area (Å²) in [5.41, 5.74) is 9.12. The molecule has 1 atom stereocenters. The van der Waals surface area contributed by atoms with Crippen molar-refractivity contribution in [2.24, 2.45) is 17.3 Å². The Labute approximate surface area is 342 Å². The Bertz CT molecular complexity index is 2230. The highest BCUT2D eigenvalue weighted by Crippen LogP contribution is 2.51. The number of piperidine rings is 1. The number of likely N-dealkylation sites (tertiary alicyclic amines) is 1. The summed E-state index contributed by atoms with van der Waals surface area (Å²) in [6.45, 7) is 15.3. The summed E-state index contributed by atoms with van der Waals surface area (Å²) in [6, 6.07) is 11.3. The summed E-state index contributed by atoms with van der Waals surface area (Å²) in [4.78, 5) is 59.8. The number of amides is 2. The Morgan fingerprint density at radius 2 is 1.74 bits per heavy atom. The Morgan fingerprint density at radius 1 is 0.983 bits per heavy atom. The molecule has 3 aliphatic carbocycles. The van der Waals surface area contributed by atoms with Gasteiger partial charge in [-0.1, -0.05) is 24.3 Å². The Hall–Kier alpha value is -5.31. The fourth-order valence-electron chi connectivity index (χ4n) is 10.3. The van der Waals surface area contributed by atoms with E-state index in [1.807, 2.05) is 37.3 Å². The van der Waals surface area contributed by atoms with Gasteiger partial charge in [-0.25, -0.2) is 0 Å². The van der Waals surface area contributed by atoms with E-state index in [4.69, 9.17) is 9.47 Å². The molecular weight excluding hydrogens is 727 g/mol. The minimum Gasteiger partial charge on any atom is -0.496 e. The van der Waals surface area contributed by atoms with Crippen LogP contribution in [0, 0.1) is 24.2 Å². The van der Waals surface area contributed by atoms with E-state index in [1.165, 1.54) is 18.1 Å². The minimum absolute atomic E-state index is 0.0603. The summed E-state index contributed by atoms with van der Waals surface area (Å²) >= 11 is 0. The number of nitrogens with zero attached hydrogens (tertiary/aromatic N) is 3. The number of aryl methyl sites for hydroxylation is 1. The first-order valence-corrected chi connectivity index (χ1v) is 20.9. The molecule has 9 heteroatoms. The van der Waals surface area contributed by atoms with Crippen LogP contribution in [0.15, 0.2) is 73.6 Å². The molecular formula is C49H55N3O6. The normalized spacial score (nSPS) is 21.4. The third kappa shape index (κ3) is 7.56. The summed E-state index contributed by atoms with van der Waals surface area (Å²) in [5, 5.41) is 0. The van der Waals surface area contributed by atoms with Crippen LogP contribution < -0.4 is 9.47 Å². The number of Topliss-reactive ketones (excluding diaryl/α,β-unsaturated/α-hetero) is 2. The molecule has 1 saturated heterocycles. The van der Waals surface area contributed by atoms with E-state index >= 15 is 0 Å². The van der Waals surface area contributed by atoms with Crippen LogP contribution in [0.4, 0.5) is 0 Å². The monoisotopic (exact) mass is 781 g/mol. The van der Waals surface area contributed by atoms with Crippen molar-refractivity contribution in [3.63, 3.8) is 0 Å². The molecule has 2 saturated carbocycles. The van der Waals surface area contributed by atoms with Crippen molar-refractivity contribution in [3.05, 3.63) is 113 Å². The van der Waals surface area contributed by atoms with Crippen molar-refractivity contribution in [2.75, 3.05) is 20.2 Å². The first kappa shape index (κ1) is 39.5. The second kappa shape index (κ2) is 15.8. The van der Waals surface area contributed by atoms with E-state index in [2.05, 4.69) is 42.1 Å². The van der Waals surface area contributed by atoms with Crippen LogP contribution in [0.25, 0.3) is 11.3 Å². The molecule has 58 heavy (non-hydrogen) atoms. The van der Waals surface area contributed by atoms with E-state index in [9.17, 15) is 19.2 Å². The maximum atomic E-state index is 13.5. The lowest BCUT2D eigenvalue weighted by molar-refractivity contribution is -0.138. The zero-order valence-electron chi connectivity index (χ0n) is 34.4. The lowest BCUT2D eigenvalue weighted by atomic mass is 9.61. The minimum atomic E-state index is -0.564. The van der Waals surface area contributed by atoms with Gasteiger partial charge < -0.3 is 14.4 Å². The van der Waals surface area contributed by atoms with Gasteiger partial charge in [-0.15, -0.1) is 6.58 Å². The van der Waals surface area contributed by atoms with Gasteiger partial charge in [0.05, 0.1) is 24.8 Å². The molecule has 2 aliphatic heterocycles. The number of ether oxygens (including phenoxy) is 2. The number of hydrogen-bond acceptors (Lipinski definition) is 7. The molecule has 3 fully saturated rings. The third-order valence-electron chi connectivity index (χ3n) is 13.6. The summed E-state index contributed by atoms with van der Waals surface area (Å²) in [5.74, 6) is 2.60. The molecule has 1 aromatic heterocycles. The van der Waals surface area contributed by atoms with Gasteiger partial charge in [-0.3, -0.25) is 29.1 Å². The van der Waals surface area contributed by atoms with Crippen LogP contribution in [0.1, 0.15) is 127 Å². The fourth-order valence-corrected chi connectivity index (χ4v) is 10.3. The van der Waals surface area contributed by atoms with Gasteiger partial charge >= 0.3 is 0 Å². The van der Waals surface area contributed by atoms with Crippen LogP contribution in [0.5, 0.6) is 11.5 Å². The molecule has 0 bridgehead atoms. The molecule has 0 N–H and O–H groups in total. The van der Waals surface area contributed by atoms with Crippen molar-refractivity contribution in [2.45, 2.75) is 104 Å². The predicted molar refractivity (Wildman–Crippen MR) is 225 cm³/mol. The maximum absolute atomic E-state index is 13.5. The second-order valence-corrected chi connectivity index (χ2v) is 17.7. The van der Waals surface area contributed by atoms with Crippen molar-refractivity contribution in [3.8, 4) is 11.5 Å². The highest BCUT2D eigenvalue weighted by atomic mass is 16.5. The van der Waals surface area contributed by atoms with Gasteiger partial charge in [0, 0.05) is 55.1 Å². The zero-order valence-corrected chi connectivity index (χ0v) is 34.4. The number of allylic oxidation sites excluding steroid dienone is 2. The topological polar surface area (TPSA) is 106 Å². The average molecular weight is 782 g/mol. The fraction of sp³-hybridized carbons (Fsp3) is 0.449. The van der Waals surface area contributed by atoms with Crippen molar-refractivity contribution in [1.29, 1.82) is 0 Å². The smallest absolute Gasteiger partial charge is 0.259 e. The molecule has 1 unspecified atom stereocenters. The average Bonchev–Trinajstić information content (AvgIpc) is 3.41. The number of aromatic nitrogens is 1. The van der Waals surface area contributed by atoms with Gasteiger partial charge in [0.25, 0.3) is 5.91 Å². The Balaban J connectivity index is 0.791. The largest absolute Gasteiger partial charge is 0.496 e. The number of pyridine rings is 1. The lowest BCUT2D eigenvalue weighted by Crippen LogP contribution is -2.52. The van der Waals surface area contributed by atoms with Crippen LogP contribution in [0.2, 0.25) is 0 Å². The van der Waals surface area contributed by atoms with Crippen LogP contribution in [-0.4, -0.2) is 70.5 Å². The zero-order chi connectivity index (χ0) is 40.9. The SMILES string of the molecule is C=C(C)CCC(C(C)=O)N1C(=C)c2ccc(OC3CC4(CCN(C(=O)CC5CC(Cc6c(C)cc(C7=CCC(=O)c8cnccc87)cc6OC)C5)CC4)C3)cc2C1=O. The number of carbonyl (C=O) groups excluding carboxylic acids is 4. The number of carbonyl (C=O) groups is 4. The van der Waals surface area contributed by atoms with E-state index < -0.39 is 6.04 Å². The van der Waals surface area contributed by atoms with Crippen molar-refractivity contribution >= 4 is 34.7 Å². The summed E-state index contributed by atoms with van der Waals surface area (Å²) in [7, 11) is 1.73. The summed E-state index contributed by atoms with van der Waals surface area (Å²) in [6.07, 6.45) is 14.6. The van der Waals surface area contributed by atoms with Crippen molar-refractivity contribution in [1.82, 2.24) is 14.8 Å². The number of fused-ring (bicyclic) bond motifs is 2. The molecule has 8 rings (SSSR count). The molecule has 9 nitrogen and oxygen atoms in total. The van der Waals surface area contributed by atoms with Gasteiger partial charge in [0.15, 0.2) is 11.6 Å². The first-order chi connectivity index (χ1) is 27.8. The molecule has 3 aromatic rings. The Morgan fingerprint density at radius 3 is 2.45 bits per heavy atom. The van der Waals surface area contributed by atoms with E-state index in [0.717, 1.165) is 91.6 Å². The number of methoxy groups -OCH3 is 1. The molecule has 2 aromatic carbocycles.